The van der Waals surface area contributed by atoms with Gasteiger partial charge in [-0.25, -0.2) is 8.98 Å². The molecule has 23 heteroatoms. The Balaban J connectivity index is 1.67. The highest BCUT2D eigenvalue weighted by Crippen LogP contribution is 2.41. The lowest BCUT2D eigenvalue weighted by atomic mass is 9.92. The number of rotatable bonds is 11. The quantitative estimate of drug-likeness (QED) is 0.0930. The third kappa shape index (κ3) is 6.43. The third-order valence-electron chi connectivity index (χ3n) is 6.58. The molecule has 244 valence electrons. The van der Waals surface area contributed by atoms with Crippen molar-refractivity contribution in [1.82, 2.24) is 0 Å². The van der Waals surface area contributed by atoms with Crippen molar-refractivity contribution in [1.29, 1.82) is 0 Å². The van der Waals surface area contributed by atoms with Gasteiger partial charge in [0, 0.05) is 0 Å². The fourth-order valence-electron chi connectivity index (χ4n) is 4.16. The Labute approximate surface area is 234 Å². The summed E-state index contributed by atoms with van der Waals surface area (Å²) in [6.07, 6.45) is -23.8. The molecule has 12 N–H and O–H groups in total. The number of carbonyl (C=O) groups excluding carboxylic acids is 1. The van der Waals surface area contributed by atoms with Gasteiger partial charge in [0.05, 0.1) is 19.8 Å². The van der Waals surface area contributed by atoms with E-state index >= 15 is 0 Å². The van der Waals surface area contributed by atoms with Crippen molar-refractivity contribution in [2.75, 3.05) is 19.8 Å². The summed E-state index contributed by atoms with van der Waals surface area (Å²) in [5, 5.41) is 120. The fraction of sp³-hybridized carbons (Fsp3) is 0.895. The van der Waals surface area contributed by atoms with E-state index in [0.29, 0.717) is 0 Å². The second-order valence-corrected chi connectivity index (χ2v) is 10.6. The lowest BCUT2D eigenvalue weighted by Gasteiger charge is -2.43. The lowest BCUT2D eigenvalue weighted by Crippen LogP contribution is -2.67. The zero-order chi connectivity index (χ0) is 31.9. The van der Waals surface area contributed by atoms with Gasteiger partial charge in [-0.15, -0.1) is 0 Å². The van der Waals surface area contributed by atoms with Crippen LogP contribution < -0.4 is 0 Å². The van der Waals surface area contributed by atoms with E-state index in [9.17, 15) is 74.2 Å². The Hall–Kier alpha value is -1.59. The van der Waals surface area contributed by atoms with E-state index < -0.39 is 127 Å². The number of Topliss-reactive ketones (excluding diaryl/α,β-unsaturated/α-hetero) is 1. The summed E-state index contributed by atoms with van der Waals surface area (Å²) in [7, 11) is -5.52. The lowest BCUT2D eigenvalue weighted by molar-refractivity contribution is -0.340. The SMILES string of the molecule is O=C(O)C(=O)[C@@]1(O)OS(=O)(=O)O[C@@]1(O)[C@H](O)[C@H](O)CO[C@H]1O[C@H](CO[C@H]2O[C@H](CO)[C@@H](O)[C@H](O)[C@H]2O)[C@@H](O)[C@H](O)[C@H]1O. The summed E-state index contributed by atoms with van der Waals surface area (Å²) in [6, 6.07) is 0. The predicted molar refractivity (Wildman–Crippen MR) is 118 cm³/mol. The number of carboxylic acids is 1. The number of aliphatic hydroxyl groups is 11. The molecule has 0 amide bonds. The molecule has 0 aromatic rings. The van der Waals surface area contributed by atoms with Crippen LogP contribution in [0.1, 0.15) is 0 Å². The molecule has 0 aromatic carbocycles. The van der Waals surface area contributed by atoms with Crippen LogP contribution in [-0.2, 0) is 47.3 Å². The van der Waals surface area contributed by atoms with Crippen LogP contribution in [0, 0.1) is 0 Å². The number of hydrogen-bond acceptors (Lipinski definition) is 21. The molecular weight excluding hydrogens is 612 g/mol. The van der Waals surface area contributed by atoms with Crippen LogP contribution in [0.4, 0.5) is 0 Å². The Morgan fingerprint density at radius 3 is 1.81 bits per heavy atom. The Morgan fingerprint density at radius 1 is 0.786 bits per heavy atom. The van der Waals surface area contributed by atoms with Crippen molar-refractivity contribution in [2.24, 2.45) is 0 Å². The van der Waals surface area contributed by atoms with Crippen LogP contribution in [0.15, 0.2) is 0 Å². The van der Waals surface area contributed by atoms with Gasteiger partial charge in [0.2, 0.25) is 0 Å². The molecule has 3 aliphatic heterocycles. The normalized spacial score (nSPS) is 45.3. The number of hydrogen-bond donors (Lipinski definition) is 12. The second-order valence-electron chi connectivity index (χ2n) is 9.44. The smallest absolute Gasteiger partial charge is 0.406 e. The summed E-state index contributed by atoms with van der Waals surface area (Å²) >= 11 is 0. The minimum Gasteiger partial charge on any atom is -0.475 e. The second kappa shape index (κ2) is 12.8. The minimum absolute atomic E-state index is 0.772. The van der Waals surface area contributed by atoms with Gasteiger partial charge in [-0.3, -0.25) is 4.79 Å². The Kier molecular flexibility index (Phi) is 10.6. The summed E-state index contributed by atoms with van der Waals surface area (Å²) < 4.78 is 51.6. The van der Waals surface area contributed by atoms with Gasteiger partial charge in [0.15, 0.2) is 12.6 Å². The average Bonchev–Trinajstić information content (AvgIpc) is 3.13. The molecule has 3 rings (SSSR count). The van der Waals surface area contributed by atoms with Gasteiger partial charge < -0.3 is 80.2 Å². The first-order valence-electron chi connectivity index (χ1n) is 11.8. The molecule has 14 atom stereocenters. The van der Waals surface area contributed by atoms with Gasteiger partial charge in [0.1, 0.15) is 61.0 Å². The van der Waals surface area contributed by atoms with Crippen LogP contribution in [0.25, 0.3) is 0 Å². The van der Waals surface area contributed by atoms with Gasteiger partial charge in [-0.2, -0.15) is 12.6 Å². The van der Waals surface area contributed by atoms with Crippen LogP contribution in [0.5, 0.6) is 0 Å². The highest BCUT2D eigenvalue weighted by molar-refractivity contribution is 7.82. The number of carbonyl (C=O) groups is 2. The van der Waals surface area contributed by atoms with Crippen molar-refractivity contribution in [3.8, 4) is 0 Å². The molecule has 3 saturated heterocycles. The molecule has 3 heterocycles. The third-order valence-corrected chi connectivity index (χ3v) is 7.48. The first-order chi connectivity index (χ1) is 19.3. The maximum atomic E-state index is 11.8. The average molecular weight is 642 g/mol. The van der Waals surface area contributed by atoms with Crippen LogP contribution in [0.3, 0.4) is 0 Å². The molecule has 0 spiro atoms. The first-order valence-corrected chi connectivity index (χ1v) is 13.1. The monoisotopic (exact) mass is 642 g/mol. The first kappa shape index (κ1) is 34.9. The zero-order valence-electron chi connectivity index (χ0n) is 20.9. The minimum atomic E-state index is -5.52. The summed E-state index contributed by atoms with van der Waals surface area (Å²) in [4.78, 5) is 22.8. The van der Waals surface area contributed by atoms with Crippen molar-refractivity contribution >= 4 is 22.2 Å². The zero-order valence-corrected chi connectivity index (χ0v) is 21.7. The molecule has 22 nitrogen and oxygen atoms in total. The standard InChI is InChI=1S/C19H30O22S/c20-1-5-7(22)9(24)11(26)17(38-5)37-3-6-8(23)10(25)12(27)16(39-6)36-2-4(21)13(28)18(32)19(33,14(29)15(30)31)41-42(34,35)40-18/h4-13,16-17,20-28,32-33H,1-3H2,(H,30,31)/t4-,5-,6-,7-,8-,9+,10+,11-,12-,13-,16+,17+,18+,19-/m1/s1. The van der Waals surface area contributed by atoms with E-state index in [-0.39, 0.29) is 0 Å². The molecule has 42 heavy (non-hydrogen) atoms. The van der Waals surface area contributed by atoms with Gasteiger partial charge in [-0.05, 0) is 0 Å². The molecular formula is C19H30O22S. The summed E-state index contributed by atoms with van der Waals surface area (Å²) in [5.41, 5.74) is 0. The van der Waals surface area contributed by atoms with E-state index in [4.69, 9.17) is 24.1 Å². The van der Waals surface area contributed by atoms with E-state index in [1.54, 1.807) is 0 Å². The largest absolute Gasteiger partial charge is 0.475 e. The number of aliphatic carboxylic acids is 1. The molecule has 0 radical (unpaired) electrons. The number of ether oxygens (including phenoxy) is 4. The molecule has 0 saturated carbocycles. The Morgan fingerprint density at radius 2 is 1.29 bits per heavy atom. The summed E-state index contributed by atoms with van der Waals surface area (Å²) in [5.74, 6) is -13.5. The van der Waals surface area contributed by atoms with E-state index in [1.165, 1.54) is 0 Å². The van der Waals surface area contributed by atoms with Crippen molar-refractivity contribution in [3.05, 3.63) is 0 Å². The Bertz CT molecular complexity index is 1090. The van der Waals surface area contributed by atoms with Crippen LogP contribution in [-0.4, -0.2) is 186 Å². The van der Waals surface area contributed by atoms with Gasteiger partial charge >= 0.3 is 27.9 Å². The molecule has 0 aliphatic carbocycles. The van der Waals surface area contributed by atoms with Crippen LogP contribution >= 0.6 is 0 Å². The van der Waals surface area contributed by atoms with E-state index in [1.807, 2.05) is 0 Å². The molecule has 0 unspecified atom stereocenters. The molecule has 3 fully saturated rings. The highest BCUT2D eigenvalue weighted by atomic mass is 32.3. The molecule has 0 aromatic heterocycles. The molecule has 3 aliphatic rings. The van der Waals surface area contributed by atoms with Gasteiger partial charge in [-0.1, -0.05) is 0 Å². The van der Waals surface area contributed by atoms with E-state index in [0.717, 1.165) is 0 Å². The summed E-state index contributed by atoms with van der Waals surface area (Å²) in [6.45, 7) is -2.86. The number of aliphatic hydroxyl groups excluding tert-OH is 9. The maximum absolute atomic E-state index is 11.8. The highest BCUT2D eigenvalue weighted by Gasteiger charge is 2.74. The predicted octanol–water partition coefficient (Wildman–Crippen LogP) is -9.33. The van der Waals surface area contributed by atoms with E-state index in [2.05, 4.69) is 8.37 Å². The van der Waals surface area contributed by atoms with Gasteiger partial charge in [0.25, 0.3) is 5.79 Å². The molecule has 0 bridgehead atoms. The maximum Gasteiger partial charge on any atom is 0.406 e. The van der Waals surface area contributed by atoms with Crippen molar-refractivity contribution in [2.45, 2.75) is 85.2 Å². The topological polar surface area (TPSA) is 366 Å². The fourth-order valence-corrected chi connectivity index (χ4v) is 5.21. The number of carboxylic acid groups (broad SMARTS) is 1. The van der Waals surface area contributed by atoms with Crippen LogP contribution in [0.2, 0.25) is 0 Å². The van der Waals surface area contributed by atoms with Crippen molar-refractivity contribution in [3.63, 3.8) is 0 Å². The van der Waals surface area contributed by atoms with Crippen molar-refractivity contribution < 1.29 is 107 Å². The number of ketones is 1.